The molecule has 37 heavy (non-hydrogen) atoms. The number of aliphatic hydroxyl groups excluding tert-OH is 1. The number of amides is 1. The van der Waals surface area contributed by atoms with Crippen LogP contribution in [0.5, 0.6) is 11.5 Å². The number of hydrogen-bond acceptors (Lipinski definition) is 6. The minimum atomic E-state index is -4.95. The van der Waals surface area contributed by atoms with Crippen LogP contribution in [0.15, 0.2) is 72.6 Å². The third kappa shape index (κ3) is 5.13. The van der Waals surface area contributed by atoms with Gasteiger partial charge in [-0.25, -0.2) is 0 Å². The Morgan fingerprint density at radius 2 is 1.84 bits per heavy atom. The summed E-state index contributed by atoms with van der Waals surface area (Å²) in [4.78, 5) is 31.6. The van der Waals surface area contributed by atoms with Crippen LogP contribution in [-0.4, -0.2) is 35.3 Å². The predicted molar refractivity (Wildman–Crippen MR) is 129 cm³/mol. The van der Waals surface area contributed by atoms with Crippen molar-refractivity contribution >= 4 is 23.1 Å². The fourth-order valence-electron chi connectivity index (χ4n) is 4.27. The first-order valence-electron chi connectivity index (χ1n) is 11.3. The number of pyridine rings is 1. The molecule has 2 aromatic carbocycles. The fourth-order valence-corrected chi connectivity index (χ4v) is 4.27. The van der Waals surface area contributed by atoms with Gasteiger partial charge in [-0.2, -0.15) is 0 Å². The summed E-state index contributed by atoms with van der Waals surface area (Å²) >= 11 is 0. The van der Waals surface area contributed by atoms with E-state index in [2.05, 4.69) is 9.72 Å². The molecule has 1 saturated heterocycles. The van der Waals surface area contributed by atoms with Crippen molar-refractivity contribution in [3.63, 3.8) is 0 Å². The molecule has 0 saturated carbocycles. The first-order valence-corrected chi connectivity index (χ1v) is 11.3. The maximum atomic E-state index is 13.3. The second kappa shape index (κ2) is 9.96. The molecular weight excluding hydrogens is 489 g/mol. The van der Waals surface area contributed by atoms with Crippen molar-refractivity contribution in [2.45, 2.75) is 32.2 Å². The Labute approximate surface area is 210 Å². The van der Waals surface area contributed by atoms with Crippen molar-refractivity contribution in [1.82, 2.24) is 4.98 Å². The number of benzene rings is 2. The molecular formula is C27H23F3N2O5. The molecule has 0 radical (unpaired) electrons. The van der Waals surface area contributed by atoms with Gasteiger partial charge in [0.25, 0.3) is 11.7 Å². The smallest absolute Gasteiger partial charge is 0.507 e. The third-order valence-electron chi connectivity index (χ3n) is 5.90. The van der Waals surface area contributed by atoms with Gasteiger partial charge < -0.3 is 14.6 Å². The highest BCUT2D eigenvalue weighted by Gasteiger charge is 2.47. The number of halogens is 3. The Morgan fingerprint density at radius 1 is 1.08 bits per heavy atom. The Morgan fingerprint density at radius 3 is 2.46 bits per heavy atom. The number of methoxy groups -OCH3 is 1. The van der Waals surface area contributed by atoms with E-state index in [-0.39, 0.29) is 22.7 Å². The molecule has 1 aliphatic rings. The van der Waals surface area contributed by atoms with Crippen LogP contribution in [-0.2, 0) is 9.59 Å². The summed E-state index contributed by atoms with van der Waals surface area (Å²) in [6.07, 6.45) is -2.04. The number of rotatable bonds is 6. The molecule has 0 bridgehead atoms. The van der Waals surface area contributed by atoms with Gasteiger partial charge in [-0.1, -0.05) is 26.0 Å². The molecule has 1 aliphatic heterocycles. The van der Waals surface area contributed by atoms with E-state index in [1.807, 2.05) is 13.8 Å². The minimum Gasteiger partial charge on any atom is -0.507 e. The van der Waals surface area contributed by atoms with Crippen molar-refractivity contribution in [2.24, 2.45) is 0 Å². The van der Waals surface area contributed by atoms with Crippen molar-refractivity contribution in [3.8, 4) is 11.5 Å². The maximum absolute atomic E-state index is 13.3. The van der Waals surface area contributed by atoms with Crippen LogP contribution in [0.4, 0.5) is 18.9 Å². The predicted octanol–water partition coefficient (Wildman–Crippen LogP) is 5.74. The molecule has 0 aliphatic carbocycles. The molecule has 192 valence electrons. The quantitative estimate of drug-likeness (QED) is 0.258. The largest absolute Gasteiger partial charge is 0.573 e. The van der Waals surface area contributed by atoms with E-state index in [1.54, 1.807) is 30.3 Å². The molecule has 1 atom stereocenters. The summed E-state index contributed by atoms with van der Waals surface area (Å²) in [5.74, 6) is -2.38. The van der Waals surface area contributed by atoms with Gasteiger partial charge in [-0.15, -0.1) is 13.2 Å². The first kappa shape index (κ1) is 25.7. The summed E-state index contributed by atoms with van der Waals surface area (Å²) in [6, 6.07) is 11.7. The molecule has 1 unspecified atom stereocenters. The number of alkyl halides is 3. The lowest BCUT2D eigenvalue weighted by molar-refractivity contribution is -0.274. The van der Waals surface area contributed by atoms with Crippen molar-refractivity contribution in [1.29, 1.82) is 0 Å². The maximum Gasteiger partial charge on any atom is 0.573 e. The third-order valence-corrected chi connectivity index (χ3v) is 5.90. The zero-order valence-electron chi connectivity index (χ0n) is 20.1. The van der Waals surface area contributed by atoms with Gasteiger partial charge in [0.05, 0.1) is 18.7 Å². The second-order valence-corrected chi connectivity index (χ2v) is 8.61. The van der Waals surface area contributed by atoms with Crippen molar-refractivity contribution in [3.05, 3.63) is 89.3 Å². The zero-order chi connectivity index (χ0) is 26.9. The Balaban J connectivity index is 1.90. The van der Waals surface area contributed by atoms with Gasteiger partial charge in [-0.3, -0.25) is 19.5 Å². The number of nitrogens with zero attached hydrogens (tertiary/aromatic N) is 2. The van der Waals surface area contributed by atoms with Crippen LogP contribution in [0.1, 0.15) is 42.5 Å². The summed E-state index contributed by atoms with van der Waals surface area (Å²) in [6.45, 7) is 3.87. The topological polar surface area (TPSA) is 89.0 Å². The molecule has 4 rings (SSSR count). The molecule has 1 aromatic heterocycles. The molecule has 3 aromatic rings. The van der Waals surface area contributed by atoms with Crippen molar-refractivity contribution in [2.75, 3.05) is 12.0 Å². The average molecular weight is 512 g/mol. The van der Waals surface area contributed by atoms with Crippen LogP contribution < -0.4 is 14.4 Å². The lowest BCUT2D eigenvalue weighted by atomic mass is 9.93. The van der Waals surface area contributed by atoms with Gasteiger partial charge >= 0.3 is 6.36 Å². The average Bonchev–Trinajstić information content (AvgIpc) is 3.13. The van der Waals surface area contributed by atoms with Crippen molar-refractivity contribution < 1.29 is 37.3 Å². The molecule has 1 fully saturated rings. The SMILES string of the molecule is COc1ccc(/C(O)=C2/C(=O)C(=O)N(c3cccc(OC(F)(F)F)c3)C2c2cccnc2)cc1C(C)C. The van der Waals surface area contributed by atoms with Gasteiger partial charge in [0, 0.05) is 29.7 Å². The molecule has 2 heterocycles. The number of aromatic nitrogens is 1. The molecule has 1 amide bonds. The van der Waals surface area contributed by atoms with E-state index in [0.717, 1.165) is 22.6 Å². The highest BCUT2D eigenvalue weighted by atomic mass is 19.4. The van der Waals surface area contributed by atoms with Crippen LogP contribution in [0.3, 0.4) is 0 Å². The summed E-state index contributed by atoms with van der Waals surface area (Å²) < 4.78 is 47.8. The van der Waals surface area contributed by atoms with Gasteiger partial charge in [0.1, 0.15) is 17.3 Å². The van der Waals surface area contributed by atoms with Gasteiger partial charge in [-0.05, 0) is 53.4 Å². The highest BCUT2D eigenvalue weighted by Crippen LogP contribution is 2.43. The van der Waals surface area contributed by atoms with Gasteiger partial charge in [0.2, 0.25) is 0 Å². The zero-order valence-corrected chi connectivity index (χ0v) is 20.1. The highest BCUT2D eigenvalue weighted by molar-refractivity contribution is 6.51. The van der Waals surface area contributed by atoms with Crippen LogP contribution in [0.2, 0.25) is 0 Å². The van der Waals surface area contributed by atoms with E-state index in [9.17, 15) is 27.9 Å². The molecule has 1 N–H and O–H groups in total. The number of anilines is 1. The monoisotopic (exact) mass is 512 g/mol. The fraction of sp³-hybridized carbons (Fsp3) is 0.222. The standard InChI is InChI=1S/C27H23F3N2O5/c1-15(2)20-12-16(9-10-21(20)36-3)24(33)22-23(17-6-5-11-31-14-17)32(26(35)25(22)34)18-7-4-8-19(13-18)37-27(28,29)30/h4-15,23,33H,1-3H3/b24-22-. The first-order chi connectivity index (χ1) is 17.5. The van der Waals surface area contributed by atoms with E-state index in [0.29, 0.717) is 11.3 Å². The lowest BCUT2D eigenvalue weighted by Crippen LogP contribution is -2.29. The van der Waals surface area contributed by atoms with Crippen LogP contribution >= 0.6 is 0 Å². The Bertz CT molecular complexity index is 1370. The number of ether oxygens (including phenoxy) is 2. The molecule has 7 nitrogen and oxygen atoms in total. The van der Waals surface area contributed by atoms with Gasteiger partial charge in [0.15, 0.2) is 0 Å². The number of aliphatic hydroxyl groups is 1. The Kier molecular flexibility index (Phi) is 6.93. The van der Waals surface area contributed by atoms with E-state index in [1.165, 1.54) is 31.6 Å². The van der Waals surface area contributed by atoms with Crippen LogP contribution in [0.25, 0.3) is 5.76 Å². The normalized spacial score (nSPS) is 17.4. The Hall–Kier alpha value is -4.34. The minimum absolute atomic E-state index is 0.0191. The van der Waals surface area contributed by atoms with E-state index >= 15 is 0 Å². The number of hydrogen-bond donors (Lipinski definition) is 1. The van der Waals surface area contributed by atoms with E-state index < -0.39 is 35.6 Å². The second-order valence-electron chi connectivity index (χ2n) is 8.61. The number of Topliss-reactive ketones (excluding diaryl/α,β-unsaturated/α-hetero) is 1. The molecule has 0 spiro atoms. The number of carbonyl (C=O) groups excluding carboxylic acids is 2. The molecule has 10 heteroatoms. The number of carbonyl (C=O) groups is 2. The summed E-state index contributed by atoms with van der Waals surface area (Å²) in [5.41, 5.74) is 1.19. The van der Waals surface area contributed by atoms with E-state index in [4.69, 9.17) is 4.74 Å². The lowest BCUT2D eigenvalue weighted by Gasteiger charge is -2.25. The number of ketones is 1. The summed E-state index contributed by atoms with van der Waals surface area (Å²) in [5, 5.41) is 11.3. The van der Waals surface area contributed by atoms with Crippen LogP contribution in [0, 0.1) is 0 Å². The summed E-state index contributed by atoms with van der Waals surface area (Å²) in [7, 11) is 1.52.